The molecule has 26 atom stereocenters. The molecule has 26 unspecified atom stereocenters. The van der Waals surface area contributed by atoms with Crippen molar-refractivity contribution in [3.05, 3.63) is 11.6 Å². The van der Waals surface area contributed by atoms with Gasteiger partial charge in [0.05, 0.1) is 31.5 Å². The number of hydrogen-bond donors (Lipinski definition) is 12. The highest BCUT2D eigenvalue weighted by Gasteiger charge is 2.70. The molecular formula is C48H78O19. The van der Waals surface area contributed by atoms with Gasteiger partial charge < -0.3 is 89.7 Å². The van der Waals surface area contributed by atoms with Gasteiger partial charge >= 0.3 is 5.97 Å². The SMILES string of the molecule is CC1OC(OC2C(OC3C(C(=O)O)OC(OC4CCC5(C)C(CCC6(C)C5CC=C5C7CC(C)(CO)CC(O)C7(C)CCC56C)C4(C)CO)C(O)C3O)OC(CO)C(O)C2O)C(O)C(O)C1O. The average Bonchev–Trinajstić information content (AvgIpc) is 3.28. The molecule has 8 aliphatic rings. The van der Waals surface area contributed by atoms with Crippen molar-refractivity contribution < 1.29 is 94.5 Å². The summed E-state index contributed by atoms with van der Waals surface area (Å²) in [6, 6.07) is 0. The first-order valence-electron chi connectivity index (χ1n) is 24.4. The highest BCUT2D eigenvalue weighted by Crippen LogP contribution is 2.76. The summed E-state index contributed by atoms with van der Waals surface area (Å²) in [7, 11) is 0. The molecule has 3 saturated heterocycles. The summed E-state index contributed by atoms with van der Waals surface area (Å²) in [5, 5.41) is 130. The average molecular weight is 959 g/mol. The predicted octanol–water partition coefficient (Wildman–Crippen LogP) is -0.323. The molecule has 19 heteroatoms. The van der Waals surface area contributed by atoms with Gasteiger partial charge in [-0.1, -0.05) is 53.2 Å². The van der Waals surface area contributed by atoms with E-state index in [9.17, 15) is 66.1 Å². The van der Waals surface area contributed by atoms with Gasteiger partial charge in [-0.15, -0.1) is 0 Å². The first kappa shape index (κ1) is 51.9. The Morgan fingerprint density at radius 2 is 1.30 bits per heavy atom. The number of aliphatic hydroxyl groups excluding tert-OH is 11. The zero-order valence-corrected chi connectivity index (χ0v) is 39.8. The van der Waals surface area contributed by atoms with Crippen molar-refractivity contribution in [2.45, 2.75) is 211 Å². The molecule has 0 bridgehead atoms. The molecule has 12 N–H and O–H groups in total. The second-order valence-electron chi connectivity index (χ2n) is 23.4. The minimum Gasteiger partial charge on any atom is -0.479 e. The number of rotatable bonds is 10. The standard InChI is InChI=1S/C48H78O19/c1-21-29(53)31(55)34(58)40(62-21)66-37-32(56)30(54)24(18-49)63-42(37)65-36-33(57)35(59)41(67-38(36)39(60)61)64-28-11-12-45(4)25(46(28,5)20-51)10-13-48(7)26(45)9-8-22-23-16-43(2,19-50)17-27(52)44(23,3)14-15-47(22,48)6/h8,21,23-38,40-42,49-59H,9-20H2,1-7H3,(H,60,61). The van der Waals surface area contributed by atoms with Crippen LogP contribution in [-0.2, 0) is 33.2 Å². The maximum absolute atomic E-state index is 12.9. The summed E-state index contributed by atoms with van der Waals surface area (Å²) in [4.78, 5) is 12.9. The molecule has 3 aliphatic heterocycles. The van der Waals surface area contributed by atoms with Crippen LogP contribution in [0.3, 0.4) is 0 Å². The van der Waals surface area contributed by atoms with Crippen LogP contribution < -0.4 is 0 Å². The van der Waals surface area contributed by atoms with Gasteiger partial charge in [-0.2, -0.15) is 0 Å². The molecule has 0 spiro atoms. The number of aliphatic hydroxyl groups is 11. The zero-order valence-electron chi connectivity index (χ0n) is 39.8. The quantitative estimate of drug-likeness (QED) is 0.0986. The lowest BCUT2D eigenvalue weighted by Crippen LogP contribution is -2.68. The van der Waals surface area contributed by atoms with Gasteiger partial charge in [-0.3, -0.25) is 0 Å². The highest BCUT2D eigenvalue weighted by atomic mass is 16.8. The molecular weight excluding hydrogens is 881 g/mol. The number of ether oxygens (including phenoxy) is 6. The summed E-state index contributed by atoms with van der Waals surface area (Å²) in [6.07, 6.45) is -18.7. The molecule has 19 nitrogen and oxygen atoms in total. The maximum atomic E-state index is 12.9. The van der Waals surface area contributed by atoms with Crippen molar-refractivity contribution >= 4 is 5.97 Å². The highest BCUT2D eigenvalue weighted by molar-refractivity contribution is 5.73. The van der Waals surface area contributed by atoms with Gasteiger partial charge in [0, 0.05) is 17.4 Å². The van der Waals surface area contributed by atoms with Gasteiger partial charge in [0.15, 0.2) is 25.0 Å². The molecule has 67 heavy (non-hydrogen) atoms. The van der Waals surface area contributed by atoms with E-state index in [1.165, 1.54) is 12.5 Å². The fourth-order valence-electron chi connectivity index (χ4n) is 15.1. The first-order valence-corrected chi connectivity index (χ1v) is 24.4. The minimum absolute atomic E-state index is 0.0212. The lowest BCUT2D eigenvalue weighted by Gasteiger charge is -2.72. The van der Waals surface area contributed by atoms with E-state index >= 15 is 0 Å². The van der Waals surface area contributed by atoms with E-state index in [0.717, 1.165) is 38.5 Å². The smallest absolute Gasteiger partial charge is 0.335 e. The zero-order chi connectivity index (χ0) is 49.1. The van der Waals surface area contributed by atoms with Crippen LogP contribution in [0.4, 0.5) is 0 Å². The Morgan fingerprint density at radius 1 is 0.657 bits per heavy atom. The topological polar surface area (TPSA) is 315 Å². The van der Waals surface area contributed by atoms with Gasteiger partial charge in [0.25, 0.3) is 0 Å². The van der Waals surface area contributed by atoms with Crippen molar-refractivity contribution in [3.8, 4) is 0 Å². The number of aliphatic carboxylic acids is 1. The van der Waals surface area contributed by atoms with Crippen LogP contribution in [0, 0.1) is 50.2 Å². The molecule has 4 saturated carbocycles. The second kappa shape index (κ2) is 18.2. The van der Waals surface area contributed by atoms with Crippen LogP contribution in [0.25, 0.3) is 0 Å². The molecule has 0 aromatic carbocycles. The number of hydrogen-bond acceptors (Lipinski definition) is 18. The third-order valence-corrected chi connectivity index (χ3v) is 19.8. The van der Waals surface area contributed by atoms with E-state index in [-0.39, 0.29) is 58.0 Å². The Hall–Kier alpha value is -1.47. The summed E-state index contributed by atoms with van der Waals surface area (Å²) < 4.78 is 35.3. The molecule has 0 aromatic rings. The van der Waals surface area contributed by atoms with E-state index in [4.69, 9.17) is 28.4 Å². The molecule has 384 valence electrons. The number of allylic oxidation sites excluding steroid dienone is 2. The van der Waals surface area contributed by atoms with Crippen LogP contribution >= 0.6 is 0 Å². The van der Waals surface area contributed by atoms with E-state index < -0.39 is 122 Å². The van der Waals surface area contributed by atoms with Crippen LogP contribution in [0.15, 0.2) is 11.6 Å². The Balaban J connectivity index is 1.01. The molecule has 0 amide bonds. The fraction of sp³-hybridized carbons (Fsp3) is 0.938. The lowest BCUT2D eigenvalue weighted by molar-refractivity contribution is -0.388. The van der Waals surface area contributed by atoms with Crippen molar-refractivity contribution in [2.75, 3.05) is 19.8 Å². The number of carbonyl (C=O) groups is 1. The molecule has 3 heterocycles. The van der Waals surface area contributed by atoms with Crippen LogP contribution in [-0.4, -0.2) is 191 Å². The van der Waals surface area contributed by atoms with Gasteiger partial charge in [-0.25, -0.2) is 4.79 Å². The third kappa shape index (κ3) is 8.01. The predicted molar refractivity (Wildman–Crippen MR) is 232 cm³/mol. The fourth-order valence-corrected chi connectivity index (χ4v) is 15.1. The van der Waals surface area contributed by atoms with Crippen LogP contribution in [0.2, 0.25) is 0 Å². The van der Waals surface area contributed by atoms with Gasteiger partial charge in [-0.05, 0) is 104 Å². The van der Waals surface area contributed by atoms with Crippen molar-refractivity contribution in [3.63, 3.8) is 0 Å². The molecule has 0 radical (unpaired) electrons. The Morgan fingerprint density at radius 3 is 1.94 bits per heavy atom. The number of fused-ring (bicyclic) bond motifs is 7. The molecule has 0 aromatic heterocycles. The molecule has 7 fully saturated rings. The van der Waals surface area contributed by atoms with E-state index in [2.05, 4.69) is 40.7 Å². The van der Waals surface area contributed by atoms with E-state index in [0.29, 0.717) is 19.3 Å². The Labute approximate surface area is 392 Å². The monoisotopic (exact) mass is 959 g/mol. The number of carboxylic acid groups (broad SMARTS) is 1. The summed E-state index contributed by atoms with van der Waals surface area (Å²) in [5.74, 6) is -1.34. The number of carboxylic acids is 1. The van der Waals surface area contributed by atoms with E-state index in [1.54, 1.807) is 0 Å². The maximum Gasteiger partial charge on any atom is 0.335 e. The van der Waals surface area contributed by atoms with E-state index in [1.807, 2.05) is 6.92 Å². The minimum atomic E-state index is -2.04. The Kier molecular flexibility index (Phi) is 14.1. The van der Waals surface area contributed by atoms with Crippen molar-refractivity contribution in [2.24, 2.45) is 50.2 Å². The normalized spacial score (nSPS) is 56.7. The lowest BCUT2D eigenvalue weighted by atomic mass is 9.33. The molecule has 5 aliphatic carbocycles. The van der Waals surface area contributed by atoms with Crippen LogP contribution in [0.1, 0.15) is 106 Å². The Bertz CT molecular complexity index is 1840. The van der Waals surface area contributed by atoms with Gasteiger partial charge in [0.1, 0.15) is 61.0 Å². The van der Waals surface area contributed by atoms with Crippen molar-refractivity contribution in [1.82, 2.24) is 0 Å². The summed E-state index contributed by atoms with van der Waals surface area (Å²) >= 11 is 0. The van der Waals surface area contributed by atoms with Crippen molar-refractivity contribution in [1.29, 1.82) is 0 Å². The van der Waals surface area contributed by atoms with Gasteiger partial charge in [0.2, 0.25) is 0 Å². The molecule has 8 rings (SSSR count). The largest absolute Gasteiger partial charge is 0.479 e. The third-order valence-electron chi connectivity index (χ3n) is 19.8. The first-order chi connectivity index (χ1) is 31.3. The van der Waals surface area contributed by atoms with Crippen LogP contribution in [0.5, 0.6) is 0 Å². The second-order valence-corrected chi connectivity index (χ2v) is 23.4. The summed E-state index contributed by atoms with van der Waals surface area (Å²) in [5.41, 5.74) is -0.690. The summed E-state index contributed by atoms with van der Waals surface area (Å²) in [6.45, 7) is 13.7.